The van der Waals surface area contributed by atoms with E-state index in [9.17, 15) is 4.57 Å². The molecule has 0 saturated carbocycles. The van der Waals surface area contributed by atoms with Crippen molar-refractivity contribution in [1.82, 2.24) is 0 Å². The van der Waals surface area contributed by atoms with Crippen molar-refractivity contribution in [2.45, 2.75) is 24.9 Å². The molecule has 1 atom stereocenters. The largest absolute Gasteiger partial charge is 0.347 e. The Morgan fingerprint density at radius 3 is 2.18 bits per heavy atom. The highest BCUT2D eigenvalue weighted by Crippen LogP contribution is 2.54. The lowest BCUT2D eigenvalue weighted by molar-refractivity contribution is 0.271. The van der Waals surface area contributed by atoms with E-state index in [1.165, 1.54) is 14.2 Å². The quantitative estimate of drug-likeness (QED) is 0.506. The third-order valence-corrected chi connectivity index (χ3v) is 4.28. The SMILES string of the molecule is CCCC(Cl)P(=O)(OC)OC. The van der Waals surface area contributed by atoms with Crippen molar-refractivity contribution < 1.29 is 13.6 Å². The molecule has 68 valence electrons. The van der Waals surface area contributed by atoms with E-state index in [0.29, 0.717) is 6.42 Å². The fourth-order valence-electron chi connectivity index (χ4n) is 0.700. The molecule has 0 rings (SSSR count). The Balaban J connectivity index is 4.13. The van der Waals surface area contributed by atoms with Gasteiger partial charge in [0.25, 0.3) is 0 Å². The molecule has 0 amide bonds. The summed E-state index contributed by atoms with van der Waals surface area (Å²) >= 11 is 5.78. The Labute approximate surface area is 72.6 Å². The van der Waals surface area contributed by atoms with Crippen molar-refractivity contribution in [1.29, 1.82) is 0 Å². The van der Waals surface area contributed by atoms with E-state index < -0.39 is 12.7 Å². The van der Waals surface area contributed by atoms with E-state index in [2.05, 4.69) is 0 Å². The molecule has 0 bridgehead atoms. The van der Waals surface area contributed by atoms with Gasteiger partial charge < -0.3 is 9.05 Å². The van der Waals surface area contributed by atoms with Crippen LogP contribution in [-0.2, 0) is 13.6 Å². The van der Waals surface area contributed by atoms with Crippen molar-refractivity contribution in [3.8, 4) is 0 Å². The molecule has 0 radical (unpaired) electrons. The molecule has 0 spiro atoms. The zero-order chi connectivity index (χ0) is 8.91. The summed E-state index contributed by atoms with van der Waals surface area (Å²) < 4.78 is 20.9. The number of hydrogen-bond donors (Lipinski definition) is 0. The number of hydrogen-bond acceptors (Lipinski definition) is 3. The minimum Gasteiger partial charge on any atom is -0.311 e. The Kier molecular flexibility index (Phi) is 5.36. The molecule has 0 aromatic carbocycles. The van der Waals surface area contributed by atoms with Crippen molar-refractivity contribution >= 4 is 19.2 Å². The minimum absolute atomic E-state index is 0.525. The van der Waals surface area contributed by atoms with Gasteiger partial charge in [0.2, 0.25) is 0 Å². The Hall–Kier alpha value is 0.440. The molecule has 1 unspecified atom stereocenters. The molecule has 0 aromatic heterocycles. The highest BCUT2D eigenvalue weighted by atomic mass is 35.5. The van der Waals surface area contributed by atoms with Crippen LogP contribution in [0.25, 0.3) is 0 Å². The summed E-state index contributed by atoms with van der Waals surface area (Å²) in [6, 6.07) is 0. The maximum absolute atomic E-state index is 11.5. The van der Waals surface area contributed by atoms with E-state index in [0.717, 1.165) is 6.42 Å². The number of rotatable bonds is 5. The second-order valence-electron chi connectivity index (χ2n) is 2.13. The fourth-order valence-corrected chi connectivity index (χ4v) is 2.58. The van der Waals surface area contributed by atoms with Crippen molar-refractivity contribution in [3.05, 3.63) is 0 Å². The van der Waals surface area contributed by atoms with Crippen LogP contribution >= 0.6 is 19.2 Å². The molecule has 0 aliphatic rings. The smallest absolute Gasteiger partial charge is 0.311 e. The van der Waals surface area contributed by atoms with Gasteiger partial charge in [0.1, 0.15) is 5.12 Å². The van der Waals surface area contributed by atoms with Gasteiger partial charge in [0.15, 0.2) is 0 Å². The van der Waals surface area contributed by atoms with Gasteiger partial charge in [-0.25, -0.2) is 0 Å². The molecule has 0 aliphatic heterocycles. The van der Waals surface area contributed by atoms with Crippen LogP contribution in [0.3, 0.4) is 0 Å². The Morgan fingerprint density at radius 2 is 1.91 bits per heavy atom. The van der Waals surface area contributed by atoms with Gasteiger partial charge in [0, 0.05) is 14.2 Å². The van der Waals surface area contributed by atoms with Gasteiger partial charge in [-0.2, -0.15) is 0 Å². The first-order valence-electron chi connectivity index (χ1n) is 3.46. The van der Waals surface area contributed by atoms with Gasteiger partial charge in [-0.05, 0) is 6.42 Å². The van der Waals surface area contributed by atoms with Gasteiger partial charge >= 0.3 is 7.60 Å². The summed E-state index contributed by atoms with van der Waals surface area (Å²) in [6.07, 6.45) is 1.51. The molecule has 0 fully saturated rings. The summed E-state index contributed by atoms with van der Waals surface area (Å²) in [5, 5.41) is -0.525. The van der Waals surface area contributed by atoms with Gasteiger partial charge in [-0.1, -0.05) is 13.3 Å². The van der Waals surface area contributed by atoms with Crippen LogP contribution in [0.15, 0.2) is 0 Å². The molecule has 3 nitrogen and oxygen atoms in total. The second kappa shape index (κ2) is 5.15. The van der Waals surface area contributed by atoms with Crippen LogP contribution in [0.4, 0.5) is 0 Å². The minimum atomic E-state index is -3.02. The Bertz CT molecular complexity index is 143. The normalized spacial score (nSPS) is 14.9. The average Bonchev–Trinajstić information content (AvgIpc) is 2.03. The predicted molar refractivity (Wildman–Crippen MR) is 46.2 cm³/mol. The van der Waals surface area contributed by atoms with Crippen molar-refractivity contribution in [3.63, 3.8) is 0 Å². The summed E-state index contributed by atoms with van der Waals surface area (Å²) in [5.41, 5.74) is 0. The molecule has 0 aliphatic carbocycles. The van der Waals surface area contributed by atoms with E-state index in [1.807, 2.05) is 6.92 Å². The fraction of sp³-hybridized carbons (Fsp3) is 1.00. The first-order chi connectivity index (χ1) is 5.10. The average molecular weight is 201 g/mol. The lowest BCUT2D eigenvalue weighted by atomic mass is 10.4. The standard InChI is InChI=1S/C6H14ClO3P/c1-4-5-6(7)11(8,9-2)10-3/h6H,4-5H2,1-3H3. The lowest BCUT2D eigenvalue weighted by Gasteiger charge is -2.17. The summed E-state index contributed by atoms with van der Waals surface area (Å²) in [5.74, 6) is 0. The van der Waals surface area contributed by atoms with E-state index >= 15 is 0 Å². The van der Waals surface area contributed by atoms with Crippen LogP contribution < -0.4 is 0 Å². The summed E-state index contributed by atoms with van der Waals surface area (Å²) in [7, 11) is -0.338. The zero-order valence-electron chi connectivity index (χ0n) is 7.04. The molecule has 0 saturated heterocycles. The van der Waals surface area contributed by atoms with E-state index in [1.54, 1.807) is 0 Å². The first kappa shape index (κ1) is 11.4. The van der Waals surface area contributed by atoms with Crippen LogP contribution in [0.5, 0.6) is 0 Å². The van der Waals surface area contributed by atoms with Crippen LogP contribution in [-0.4, -0.2) is 19.3 Å². The predicted octanol–water partition coefficient (Wildman–Crippen LogP) is 2.84. The maximum atomic E-state index is 11.5. The van der Waals surface area contributed by atoms with Crippen LogP contribution in [0.2, 0.25) is 0 Å². The highest BCUT2D eigenvalue weighted by Gasteiger charge is 2.31. The van der Waals surface area contributed by atoms with Crippen molar-refractivity contribution in [2.24, 2.45) is 0 Å². The third kappa shape index (κ3) is 3.12. The van der Waals surface area contributed by atoms with Gasteiger partial charge in [-0.3, -0.25) is 4.57 Å². The summed E-state index contributed by atoms with van der Waals surface area (Å²) in [6.45, 7) is 1.96. The summed E-state index contributed by atoms with van der Waals surface area (Å²) in [4.78, 5) is 0. The van der Waals surface area contributed by atoms with E-state index in [4.69, 9.17) is 20.6 Å². The topological polar surface area (TPSA) is 35.5 Å². The molecule has 11 heavy (non-hydrogen) atoms. The molecule has 0 heterocycles. The molecule has 0 aromatic rings. The number of halogens is 1. The zero-order valence-corrected chi connectivity index (χ0v) is 8.69. The molecular formula is C6H14ClO3P. The highest BCUT2D eigenvalue weighted by molar-refractivity contribution is 7.56. The Morgan fingerprint density at radius 1 is 1.45 bits per heavy atom. The molecule has 5 heteroatoms. The van der Waals surface area contributed by atoms with Gasteiger partial charge in [0.05, 0.1) is 0 Å². The van der Waals surface area contributed by atoms with Crippen LogP contribution in [0.1, 0.15) is 19.8 Å². The maximum Gasteiger partial charge on any atom is 0.347 e. The van der Waals surface area contributed by atoms with Crippen LogP contribution in [0, 0.1) is 0 Å². The van der Waals surface area contributed by atoms with Crippen molar-refractivity contribution in [2.75, 3.05) is 14.2 Å². The van der Waals surface area contributed by atoms with E-state index in [-0.39, 0.29) is 0 Å². The lowest BCUT2D eigenvalue weighted by Crippen LogP contribution is -2.03. The molecule has 0 N–H and O–H groups in total. The third-order valence-electron chi connectivity index (χ3n) is 1.38. The second-order valence-corrected chi connectivity index (χ2v) is 5.39. The molecular weight excluding hydrogens is 186 g/mol. The number of alkyl halides is 1. The van der Waals surface area contributed by atoms with Gasteiger partial charge in [-0.15, -0.1) is 11.6 Å². The monoisotopic (exact) mass is 200 g/mol. The first-order valence-corrected chi connectivity index (χ1v) is 5.50.